The average Bonchev–Trinajstić information content (AvgIpc) is 2.92. The Morgan fingerprint density at radius 3 is 2.52 bits per heavy atom. The molecule has 0 aliphatic rings. The largest absolute Gasteiger partial charge is 0.488 e. The molecule has 3 aromatic rings. The van der Waals surface area contributed by atoms with E-state index in [-0.39, 0.29) is 5.60 Å². The molecule has 0 saturated heterocycles. The molecule has 0 fully saturated rings. The lowest BCUT2D eigenvalue weighted by atomic mass is 10.0. The fourth-order valence-electron chi connectivity index (χ4n) is 3.04. The molecule has 3 rings (SSSR count). The van der Waals surface area contributed by atoms with Gasteiger partial charge in [-0.1, -0.05) is 30.3 Å². The van der Waals surface area contributed by atoms with Crippen molar-refractivity contribution in [3.05, 3.63) is 59.4 Å². The van der Waals surface area contributed by atoms with Crippen LogP contribution >= 0.6 is 11.6 Å². The number of hydrogen-bond donors (Lipinski definition) is 0. The molecule has 0 bridgehead atoms. The summed E-state index contributed by atoms with van der Waals surface area (Å²) >= 11 is 5.88. The summed E-state index contributed by atoms with van der Waals surface area (Å²) in [5.41, 5.74) is 3.17. The van der Waals surface area contributed by atoms with E-state index in [2.05, 4.69) is 68.3 Å². The maximum Gasteiger partial charge on any atom is 0.128 e. The second-order valence-corrected chi connectivity index (χ2v) is 7.68. The minimum absolute atomic E-state index is 0.224. The van der Waals surface area contributed by atoms with Crippen LogP contribution in [0.2, 0.25) is 0 Å². The first-order valence-corrected chi connectivity index (χ1v) is 9.17. The summed E-state index contributed by atoms with van der Waals surface area (Å²) in [6.45, 7) is 6.24. The molecule has 0 unspecified atom stereocenters. The Hall–Kier alpha value is -2.00. The number of fused-ring (bicyclic) bond motifs is 1. The molecule has 0 spiro atoms. The van der Waals surface area contributed by atoms with Crippen LogP contribution in [0.25, 0.3) is 10.8 Å². The van der Waals surface area contributed by atoms with Gasteiger partial charge in [0.1, 0.15) is 11.4 Å². The number of halogens is 1. The van der Waals surface area contributed by atoms with Crippen molar-refractivity contribution < 1.29 is 4.74 Å². The van der Waals surface area contributed by atoms with Crippen molar-refractivity contribution in [1.29, 1.82) is 0 Å². The van der Waals surface area contributed by atoms with Gasteiger partial charge < -0.3 is 4.74 Å². The third-order valence-electron chi connectivity index (χ3n) is 4.13. The van der Waals surface area contributed by atoms with Crippen LogP contribution in [0, 0.1) is 0 Å². The minimum atomic E-state index is -0.224. The summed E-state index contributed by atoms with van der Waals surface area (Å²) in [6, 6.07) is 14.9. The number of ether oxygens (including phenoxy) is 1. The quantitative estimate of drug-likeness (QED) is 0.582. The minimum Gasteiger partial charge on any atom is -0.488 e. The Morgan fingerprint density at radius 2 is 1.84 bits per heavy atom. The summed E-state index contributed by atoms with van der Waals surface area (Å²) < 4.78 is 8.14. The van der Waals surface area contributed by atoms with Gasteiger partial charge in [0.25, 0.3) is 0 Å². The van der Waals surface area contributed by atoms with Gasteiger partial charge in [-0.3, -0.25) is 4.68 Å². The lowest BCUT2D eigenvalue weighted by Gasteiger charge is -2.23. The van der Waals surface area contributed by atoms with E-state index in [9.17, 15) is 0 Å². The Balaban J connectivity index is 1.89. The third-order valence-corrected chi connectivity index (χ3v) is 4.41. The predicted octanol–water partition coefficient (Wildman–Crippen LogP) is 5.27. The second kappa shape index (κ2) is 7.09. The van der Waals surface area contributed by atoms with E-state index >= 15 is 0 Å². The number of aryl methyl sites for hydroxylation is 3. The van der Waals surface area contributed by atoms with Gasteiger partial charge in [0.05, 0.1) is 11.6 Å². The van der Waals surface area contributed by atoms with Gasteiger partial charge in [0.2, 0.25) is 0 Å². The standard InChI is InChI=1S/C21H25ClN2O/c1-21(2,3)25-20-12-15(11-16-7-5-6-8-19(16)20)9-10-18-13-17(14-22)23-24(18)4/h5-8,11-13H,9-10,14H2,1-4H3. The maximum absolute atomic E-state index is 6.22. The Morgan fingerprint density at radius 1 is 1.08 bits per heavy atom. The van der Waals surface area contributed by atoms with Crippen molar-refractivity contribution in [2.24, 2.45) is 7.05 Å². The van der Waals surface area contributed by atoms with Crippen LogP contribution in [0.4, 0.5) is 0 Å². The van der Waals surface area contributed by atoms with Gasteiger partial charge >= 0.3 is 0 Å². The molecule has 25 heavy (non-hydrogen) atoms. The van der Waals surface area contributed by atoms with Gasteiger partial charge in [-0.15, -0.1) is 11.6 Å². The van der Waals surface area contributed by atoms with Crippen molar-refractivity contribution in [1.82, 2.24) is 9.78 Å². The number of benzene rings is 2. The van der Waals surface area contributed by atoms with Crippen LogP contribution in [-0.4, -0.2) is 15.4 Å². The highest BCUT2D eigenvalue weighted by Gasteiger charge is 2.15. The molecule has 4 heteroatoms. The van der Waals surface area contributed by atoms with Crippen molar-refractivity contribution in [2.45, 2.75) is 45.1 Å². The molecular weight excluding hydrogens is 332 g/mol. The number of rotatable bonds is 5. The summed E-state index contributed by atoms with van der Waals surface area (Å²) in [5.74, 6) is 1.40. The van der Waals surface area contributed by atoms with Crippen molar-refractivity contribution in [2.75, 3.05) is 0 Å². The van der Waals surface area contributed by atoms with Crippen LogP contribution in [0.5, 0.6) is 5.75 Å². The Bertz CT molecular complexity index is 877. The van der Waals surface area contributed by atoms with Crippen LogP contribution in [0.1, 0.15) is 37.7 Å². The van der Waals surface area contributed by atoms with Crippen LogP contribution in [-0.2, 0) is 25.8 Å². The fraction of sp³-hybridized carbons (Fsp3) is 0.381. The van der Waals surface area contributed by atoms with E-state index in [1.807, 2.05) is 11.7 Å². The van der Waals surface area contributed by atoms with Crippen molar-refractivity contribution >= 4 is 22.4 Å². The summed E-state index contributed by atoms with van der Waals surface area (Å²) in [7, 11) is 1.97. The molecule has 0 saturated carbocycles. The first kappa shape index (κ1) is 17.8. The molecular formula is C21H25ClN2O. The van der Waals surface area contributed by atoms with Crippen molar-refractivity contribution in [3.8, 4) is 5.75 Å². The molecule has 0 aliphatic carbocycles. The van der Waals surface area contributed by atoms with E-state index in [4.69, 9.17) is 16.3 Å². The normalized spacial score (nSPS) is 11.9. The van der Waals surface area contributed by atoms with Gasteiger partial charge in [0.15, 0.2) is 0 Å². The molecule has 0 amide bonds. The molecule has 0 atom stereocenters. The smallest absolute Gasteiger partial charge is 0.128 e. The van der Waals surface area contributed by atoms with Gasteiger partial charge in [-0.25, -0.2) is 0 Å². The Labute approximate surface area is 154 Å². The topological polar surface area (TPSA) is 27.1 Å². The predicted molar refractivity (Wildman–Crippen MR) is 105 cm³/mol. The van der Waals surface area contributed by atoms with E-state index in [0.29, 0.717) is 5.88 Å². The zero-order valence-corrected chi connectivity index (χ0v) is 16.1. The second-order valence-electron chi connectivity index (χ2n) is 7.41. The van der Waals surface area contributed by atoms with Crippen LogP contribution < -0.4 is 4.74 Å². The molecule has 1 heterocycles. The molecule has 132 valence electrons. The highest BCUT2D eigenvalue weighted by Crippen LogP contribution is 2.31. The first-order chi connectivity index (χ1) is 11.9. The zero-order chi connectivity index (χ0) is 18.0. The monoisotopic (exact) mass is 356 g/mol. The summed E-state index contributed by atoms with van der Waals surface area (Å²) in [5, 5.41) is 6.79. The van der Waals surface area contributed by atoms with E-state index in [1.165, 1.54) is 16.6 Å². The highest BCUT2D eigenvalue weighted by molar-refractivity contribution is 6.16. The molecule has 3 nitrogen and oxygen atoms in total. The number of hydrogen-bond acceptors (Lipinski definition) is 2. The zero-order valence-electron chi connectivity index (χ0n) is 15.3. The molecule has 1 aromatic heterocycles. The maximum atomic E-state index is 6.22. The highest BCUT2D eigenvalue weighted by atomic mass is 35.5. The molecule has 0 N–H and O–H groups in total. The van der Waals surface area contributed by atoms with Crippen LogP contribution in [0.3, 0.4) is 0 Å². The lowest BCUT2D eigenvalue weighted by Crippen LogP contribution is -2.23. The number of nitrogens with zero attached hydrogens (tertiary/aromatic N) is 2. The fourth-order valence-corrected chi connectivity index (χ4v) is 3.17. The van der Waals surface area contributed by atoms with Crippen LogP contribution in [0.15, 0.2) is 42.5 Å². The summed E-state index contributed by atoms with van der Waals surface area (Å²) in [4.78, 5) is 0. The molecule has 2 aromatic carbocycles. The Kier molecular flexibility index (Phi) is 5.05. The van der Waals surface area contributed by atoms with E-state index < -0.39 is 0 Å². The number of alkyl halides is 1. The summed E-state index contributed by atoms with van der Waals surface area (Å²) in [6.07, 6.45) is 1.86. The molecule has 0 aliphatic heterocycles. The molecule has 0 radical (unpaired) electrons. The van der Waals surface area contributed by atoms with Crippen molar-refractivity contribution in [3.63, 3.8) is 0 Å². The average molecular weight is 357 g/mol. The van der Waals surface area contributed by atoms with E-state index in [0.717, 1.165) is 29.7 Å². The van der Waals surface area contributed by atoms with Gasteiger partial charge in [-0.05, 0) is 56.7 Å². The van der Waals surface area contributed by atoms with Gasteiger partial charge in [-0.2, -0.15) is 5.10 Å². The first-order valence-electron chi connectivity index (χ1n) is 8.64. The van der Waals surface area contributed by atoms with E-state index in [1.54, 1.807) is 0 Å². The SMILES string of the molecule is Cn1nc(CCl)cc1CCc1cc(OC(C)(C)C)c2ccccc2c1. The lowest BCUT2D eigenvalue weighted by molar-refractivity contribution is 0.133. The van der Waals surface area contributed by atoms with Gasteiger partial charge in [0, 0.05) is 18.1 Å². The third kappa shape index (κ3) is 4.35. The number of aromatic nitrogens is 2.